The van der Waals surface area contributed by atoms with E-state index >= 15 is 4.79 Å². The Hall–Kier alpha value is -5.42. The van der Waals surface area contributed by atoms with Gasteiger partial charge in [-0.3, -0.25) is 29.5 Å². The number of carbonyl (C=O) groups excluding carboxylic acids is 4. The first-order chi connectivity index (χ1) is 27.1. The van der Waals surface area contributed by atoms with Gasteiger partial charge in [0, 0.05) is 17.1 Å². The van der Waals surface area contributed by atoms with E-state index in [0.29, 0.717) is 39.0 Å². The van der Waals surface area contributed by atoms with Gasteiger partial charge in [0.15, 0.2) is 17.3 Å². The molecule has 18 heteroatoms. The first kappa shape index (κ1) is 38.5. The van der Waals surface area contributed by atoms with Crippen molar-refractivity contribution in [2.45, 2.75) is 30.4 Å². The second kappa shape index (κ2) is 13.9. The molecule has 57 heavy (non-hydrogen) atoms. The van der Waals surface area contributed by atoms with Gasteiger partial charge in [0.25, 0.3) is 11.8 Å². The number of anilines is 2. The number of alkyl halides is 3. The number of hydrogen-bond donors (Lipinski definition) is 4. The Labute approximate surface area is 332 Å². The van der Waals surface area contributed by atoms with Crippen molar-refractivity contribution in [3.8, 4) is 11.5 Å². The number of fused-ring (bicyclic) bond motifs is 4. The largest absolute Gasteiger partial charge is 0.504 e. The van der Waals surface area contributed by atoms with Gasteiger partial charge in [0.05, 0.1) is 46.6 Å². The van der Waals surface area contributed by atoms with Crippen LogP contribution < -0.4 is 20.5 Å². The van der Waals surface area contributed by atoms with Crippen molar-refractivity contribution in [1.82, 2.24) is 9.99 Å². The Balaban J connectivity index is 1.31. The van der Waals surface area contributed by atoms with Crippen LogP contribution in [-0.4, -0.2) is 63.0 Å². The number of benzene rings is 3. The van der Waals surface area contributed by atoms with Gasteiger partial charge in [-0.1, -0.05) is 65.2 Å². The number of imide groups is 2. The highest BCUT2D eigenvalue weighted by atomic mass is 35.5. The van der Waals surface area contributed by atoms with Crippen molar-refractivity contribution < 1.29 is 52.2 Å². The Morgan fingerprint density at radius 2 is 1.68 bits per heavy atom. The number of phenolic OH excluding ortho intramolecular Hbond substituents is 1. The Bertz CT molecular complexity index is 2400. The number of methoxy groups -OCH3 is 1. The Morgan fingerprint density at radius 1 is 0.947 bits per heavy atom. The number of amides is 4. The number of phenols is 1. The van der Waals surface area contributed by atoms with Crippen molar-refractivity contribution in [2.75, 3.05) is 17.4 Å². The fourth-order valence-corrected chi connectivity index (χ4v) is 9.45. The number of carbonyl (C=O) groups is 4. The van der Waals surface area contributed by atoms with Gasteiger partial charge in [0.1, 0.15) is 0 Å². The number of halogens is 5. The van der Waals surface area contributed by atoms with E-state index in [9.17, 15) is 42.7 Å². The molecule has 0 radical (unpaired) electrons. The van der Waals surface area contributed by atoms with Crippen molar-refractivity contribution in [2.24, 2.45) is 23.7 Å². The number of nitrogens with zero attached hydrogens (tertiary/aromatic N) is 3. The molecule has 2 aliphatic heterocycles. The summed E-state index contributed by atoms with van der Waals surface area (Å²) < 4.78 is 45.9. The summed E-state index contributed by atoms with van der Waals surface area (Å²) in [5.74, 6) is -8.31. The maximum Gasteiger partial charge on any atom is 0.488 e. The van der Waals surface area contributed by atoms with E-state index < -0.39 is 88.3 Å². The molecule has 8 rings (SSSR count). The lowest BCUT2D eigenvalue weighted by atomic mass is 9.49. The molecule has 3 heterocycles. The van der Waals surface area contributed by atoms with E-state index in [0.717, 1.165) is 4.90 Å². The average molecular weight is 821 g/mol. The minimum Gasteiger partial charge on any atom is -0.504 e. The van der Waals surface area contributed by atoms with Gasteiger partial charge in [-0.15, -0.1) is 0 Å². The highest BCUT2D eigenvalue weighted by molar-refractivity contribution is 6.58. The molecule has 4 N–H and O–H groups in total. The van der Waals surface area contributed by atoms with Crippen LogP contribution in [0, 0.1) is 23.7 Å². The van der Waals surface area contributed by atoms with Crippen molar-refractivity contribution in [3.05, 3.63) is 117 Å². The van der Waals surface area contributed by atoms with Gasteiger partial charge in [-0.05, 0) is 77.8 Å². The predicted octanol–water partition coefficient (Wildman–Crippen LogP) is 4.99. The number of aromatic hydroxyl groups is 1. The molecular weight excluding hydrogens is 791 g/mol. The topological polar surface area (TPSA) is 170 Å². The van der Waals surface area contributed by atoms with Crippen molar-refractivity contribution >= 4 is 70.9 Å². The highest BCUT2D eigenvalue weighted by Gasteiger charge is 2.70. The van der Waals surface area contributed by atoms with Crippen molar-refractivity contribution in [3.63, 3.8) is 0 Å². The molecule has 6 atom stereocenters. The highest BCUT2D eigenvalue weighted by Crippen LogP contribution is 2.64. The zero-order chi connectivity index (χ0) is 40.7. The zero-order valence-electron chi connectivity index (χ0n) is 29.6. The van der Waals surface area contributed by atoms with Crippen LogP contribution in [0.25, 0.3) is 0 Å². The number of pyridine rings is 1. The molecule has 292 valence electrons. The fourth-order valence-electron chi connectivity index (χ4n) is 9.11. The number of nitrogens with one attached hydrogen (secondary N) is 1. The van der Waals surface area contributed by atoms with E-state index in [4.69, 9.17) is 27.9 Å². The smallest absolute Gasteiger partial charge is 0.488 e. The van der Waals surface area contributed by atoms with Crippen LogP contribution in [0.1, 0.15) is 35.4 Å². The van der Waals surface area contributed by atoms with Crippen LogP contribution >= 0.6 is 23.2 Å². The van der Waals surface area contributed by atoms with Gasteiger partial charge in [0.2, 0.25) is 11.8 Å². The lowest BCUT2D eigenvalue weighted by Gasteiger charge is -2.50. The maximum absolute atomic E-state index is 15.3. The summed E-state index contributed by atoms with van der Waals surface area (Å²) >= 11 is 12.6. The number of rotatable bonds is 7. The number of hydrazine groups is 1. The third-order valence-corrected chi connectivity index (χ3v) is 12.1. The molecule has 2 aliphatic carbocycles. The molecule has 2 saturated heterocycles. The Kier molecular flexibility index (Phi) is 9.38. The summed E-state index contributed by atoms with van der Waals surface area (Å²) in [6, 6.07) is 17.1. The molecule has 0 spiro atoms. The first-order valence-corrected chi connectivity index (χ1v) is 18.4. The molecule has 4 aromatic rings. The van der Waals surface area contributed by atoms with E-state index in [-0.39, 0.29) is 35.5 Å². The molecule has 3 aromatic carbocycles. The minimum absolute atomic E-state index is 0.0449. The van der Waals surface area contributed by atoms with Crippen LogP contribution in [0.4, 0.5) is 24.7 Å². The van der Waals surface area contributed by atoms with E-state index in [1.165, 1.54) is 43.5 Å². The van der Waals surface area contributed by atoms with E-state index in [1.54, 1.807) is 36.4 Å². The van der Waals surface area contributed by atoms with Crippen LogP contribution in [0.5, 0.6) is 11.5 Å². The quantitative estimate of drug-likeness (QED) is 0.113. The SMILES string of the molecule is COc1cc(C2C3=CCC4C(=O)N(c5cccc(B(O)O)c5)C(=O)C4C3CC3C(=O)N(Nc4ncc(C(F)(F)F)cc4Cl)C(=O)C32c2ccc(Cl)cc2)ccc1O. The Morgan fingerprint density at radius 3 is 2.35 bits per heavy atom. The van der Waals surface area contributed by atoms with Gasteiger partial charge >= 0.3 is 13.3 Å². The second-order valence-corrected chi connectivity index (χ2v) is 15.2. The van der Waals surface area contributed by atoms with Crippen LogP contribution in [0.3, 0.4) is 0 Å². The molecule has 4 aliphatic rings. The summed E-state index contributed by atoms with van der Waals surface area (Å²) in [7, 11) is -0.533. The predicted molar refractivity (Wildman–Crippen MR) is 200 cm³/mol. The van der Waals surface area contributed by atoms with Gasteiger partial charge in [-0.2, -0.15) is 18.2 Å². The van der Waals surface area contributed by atoms with E-state index in [2.05, 4.69) is 10.4 Å². The van der Waals surface area contributed by atoms with E-state index in [1.807, 2.05) is 0 Å². The minimum atomic E-state index is -4.78. The molecule has 0 bridgehead atoms. The van der Waals surface area contributed by atoms with Gasteiger partial charge in [-0.25, -0.2) is 4.98 Å². The molecule has 12 nitrogen and oxygen atoms in total. The van der Waals surface area contributed by atoms with Gasteiger partial charge < -0.3 is 19.9 Å². The molecule has 1 aromatic heterocycles. The number of hydrogen-bond acceptors (Lipinski definition) is 10. The molecule has 6 unspecified atom stereocenters. The molecule has 4 amide bonds. The molecule has 3 fully saturated rings. The van der Waals surface area contributed by atoms with Crippen molar-refractivity contribution in [1.29, 1.82) is 0 Å². The maximum atomic E-state index is 15.3. The van der Waals surface area contributed by atoms with Crippen LogP contribution in [-0.2, 0) is 30.8 Å². The number of ether oxygens (including phenoxy) is 1. The van der Waals surface area contributed by atoms with Crippen LogP contribution in [0.2, 0.25) is 10.0 Å². The lowest BCUT2D eigenvalue weighted by molar-refractivity contribution is -0.139. The average Bonchev–Trinajstić information content (AvgIpc) is 3.56. The third kappa shape index (κ3) is 5.96. The molecule has 1 saturated carbocycles. The number of allylic oxidation sites excluding steroid dienone is 2. The fraction of sp³-hybridized carbons (Fsp3) is 0.256. The van der Waals surface area contributed by atoms with Crippen LogP contribution in [0.15, 0.2) is 90.6 Å². The third-order valence-electron chi connectivity index (χ3n) is 11.5. The summed E-state index contributed by atoms with van der Waals surface area (Å²) in [5, 5.41) is 30.8. The normalized spacial score (nSPS) is 25.5. The monoisotopic (exact) mass is 820 g/mol. The summed E-state index contributed by atoms with van der Waals surface area (Å²) in [5.41, 5.74) is 1.12. The molecular formula is C39H30BCl2F3N4O8. The summed E-state index contributed by atoms with van der Waals surface area (Å²) in [6.45, 7) is 0. The standard InChI is InChI=1S/C39H30BCl2F3N4O8/c1-57-30-13-18(5-12-29(30)50)32-24-10-11-25-31(36(53)48(34(25)51)23-4-2-3-21(15-23)40(55)56)26(24)16-27-35(52)49(37(54)38(27,32)19-6-8-22(41)9-7-19)47-33-28(42)14-20(17-46-33)39(43,44)45/h2-10,12-15,17,25-27,31-32,50,55-56H,11,16H2,1H3,(H,46,47). The first-order valence-electron chi connectivity index (χ1n) is 17.6. The lowest BCUT2D eigenvalue weighted by Crippen LogP contribution is -2.53. The second-order valence-electron chi connectivity index (χ2n) is 14.3. The zero-order valence-corrected chi connectivity index (χ0v) is 31.1. The summed E-state index contributed by atoms with van der Waals surface area (Å²) in [6.07, 6.45) is -2.52. The summed E-state index contributed by atoms with van der Waals surface area (Å²) in [4.78, 5) is 63.6. The number of aromatic nitrogens is 1.